The average molecular weight is 302 g/mol. The standard InChI is InChI=1S/C17H26N4O/c1-2-13-6-3-9-15(12-13)21-17(18)20-11-5-10-19-16(22)14-7-4-8-14/h3,6,9,12,14H,2,4-5,7-8,10-11H2,1H3,(H,19,22)(H3,18,20,21). The Balaban J connectivity index is 1.65. The van der Waals surface area contributed by atoms with Gasteiger partial charge in [-0.2, -0.15) is 0 Å². The molecule has 0 unspecified atom stereocenters. The molecule has 0 aromatic heterocycles. The highest BCUT2D eigenvalue weighted by Crippen LogP contribution is 2.25. The van der Waals surface area contributed by atoms with Crippen LogP contribution in [0.5, 0.6) is 0 Å². The van der Waals surface area contributed by atoms with Crippen molar-refractivity contribution >= 4 is 17.6 Å². The van der Waals surface area contributed by atoms with Crippen LogP contribution in [0.1, 0.15) is 38.2 Å². The SMILES string of the molecule is CCc1cccc(NC(N)=NCCCNC(=O)C2CCC2)c1. The van der Waals surface area contributed by atoms with E-state index in [1.54, 1.807) is 0 Å². The molecule has 1 amide bonds. The van der Waals surface area contributed by atoms with E-state index in [2.05, 4.69) is 34.7 Å². The molecule has 0 bridgehead atoms. The highest BCUT2D eigenvalue weighted by molar-refractivity contribution is 5.92. The predicted octanol–water partition coefficient (Wildman–Crippen LogP) is 2.28. The minimum atomic E-state index is 0.192. The van der Waals surface area contributed by atoms with E-state index in [1.165, 1.54) is 12.0 Å². The van der Waals surface area contributed by atoms with Crippen LogP contribution in [0.2, 0.25) is 0 Å². The lowest BCUT2D eigenvalue weighted by molar-refractivity contribution is -0.127. The van der Waals surface area contributed by atoms with Crippen LogP contribution in [0, 0.1) is 5.92 Å². The van der Waals surface area contributed by atoms with Crippen LogP contribution in [0.4, 0.5) is 5.69 Å². The van der Waals surface area contributed by atoms with Gasteiger partial charge in [0.25, 0.3) is 0 Å². The molecule has 0 saturated heterocycles. The van der Waals surface area contributed by atoms with Crippen molar-refractivity contribution in [3.05, 3.63) is 29.8 Å². The van der Waals surface area contributed by atoms with Crippen LogP contribution >= 0.6 is 0 Å². The molecule has 5 heteroatoms. The molecule has 2 rings (SSSR count). The molecular formula is C17H26N4O. The van der Waals surface area contributed by atoms with Gasteiger partial charge >= 0.3 is 0 Å². The van der Waals surface area contributed by atoms with Gasteiger partial charge in [0, 0.05) is 24.7 Å². The van der Waals surface area contributed by atoms with Gasteiger partial charge in [0.05, 0.1) is 0 Å². The fourth-order valence-electron chi connectivity index (χ4n) is 2.36. The van der Waals surface area contributed by atoms with Crippen molar-refractivity contribution < 1.29 is 4.79 Å². The third-order valence-electron chi connectivity index (χ3n) is 4.00. The molecular weight excluding hydrogens is 276 g/mol. The normalized spacial score (nSPS) is 15.2. The molecule has 0 spiro atoms. The highest BCUT2D eigenvalue weighted by atomic mass is 16.1. The van der Waals surface area contributed by atoms with Gasteiger partial charge in [-0.1, -0.05) is 25.5 Å². The van der Waals surface area contributed by atoms with Crippen molar-refractivity contribution in [1.82, 2.24) is 5.32 Å². The summed E-state index contributed by atoms with van der Waals surface area (Å²) in [5.74, 6) is 0.859. The summed E-state index contributed by atoms with van der Waals surface area (Å²) in [5.41, 5.74) is 8.09. The first-order chi connectivity index (χ1) is 10.7. The van der Waals surface area contributed by atoms with Gasteiger partial charge in [-0.15, -0.1) is 0 Å². The lowest BCUT2D eigenvalue weighted by Gasteiger charge is -2.23. The number of amides is 1. The molecule has 1 aliphatic rings. The molecule has 0 aliphatic heterocycles. The van der Waals surface area contributed by atoms with E-state index in [0.717, 1.165) is 31.4 Å². The Labute approximate surface area is 132 Å². The Morgan fingerprint density at radius 2 is 2.23 bits per heavy atom. The van der Waals surface area contributed by atoms with Gasteiger partial charge in [0.2, 0.25) is 5.91 Å². The van der Waals surface area contributed by atoms with Crippen molar-refractivity contribution in [3.8, 4) is 0 Å². The van der Waals surface area contributed by atoms with Crippen molar-refractivity contribution in [2.75, 3.05) is 18.4 Å². The van der Waals surface area contributed by atoms with Crippen molar-refractivity contribution in [2.24, 2.45) is 16.6 Å². The van der Waals surface area contributed by atoms with E-state index in [4.69, 9.17) is 5.73 Å². The third-order valence-corrected chi connectivity index (χ3v) is 4.00. The second-order valence-corrected chi connectivity index (χ2v) is 5.72. The molecule has 5 nitrogen and oxygen atoms in total. The fourth-order valence-corrected chi connectivity index (χ4v) is 2.36. The van der Waals surface area contributed by atoms with Crippen molar-refractivity contribution in [1.29, 1.82) is 0 Å². The number of nitrogens with zero attached hydrogens (tertiary/aromatic N) is 1. The number of nitrogens with one attached hydrogen (secondary N) is 2. The first kappa shape index (κ1) is 16.3. The molecule has 120 valence electrons. The first-order valence-electron chi connectivity index (χ1n) is 8.12. The van der Waals surface area contributed by atoms with Crippen LogP contribution < -0.4 is 16.4 Å². The monoisotopic (exact) mass is 302 g/mol. The minimum Gasteiger partial charge on any atom is -0.370 e. The van der Waals surface area contributed by atoms with Gasteiger partial charge in [0.15, 0.2) is 5.96 Å². The van der Waals surface area contributed by atoms with Crippen molar-refractivity contribution in [3.63, 3.8) is 0 Å². The number of anilines is 1. The molecule has 4 N–H and O–H groups in total. The van der Waals surface area contributed by atoms with Gasteiger partial charge < -0.3 is 16.4 Å². The zero-order chi connectivity index (χ0) is 15.8. The number of rotatable bonds is 7. The Hall–Kier alpha value is -2.04. The van der Waals surface area contributed by atoms with Crippen LogP contribution in [0.15, 0.2) is 29.3 Å². The molecule has 0 radical (unpaired) electrons. The van der Waals surface area contributed by atoms with Gasteiger partial charge in [-0.05, 0) is 43.4 Å². The second-order valence-electron chi connectivity index (χ2n) is 5.72. The van der Waals surface area contributed by atoms with Crippen LogP contribution in [-0.4, -0.2) is 25.0 Å². The minimum absolute atomic E-state index is 0.192. The van der Waals surface area contributed by atoms with E-state index in [1.807, 2.05) is 12.1 Å². The third kappa shape index (κ3) is 5.06. The number of carbonyl (C=O) groups is 1. The summed E-state index contributed by atoms with van der Waals surface area (Å²) in [6, 6.07) is 8.13. The molecule has 1 aromatic rings. The second kappa shape index (κ2) is 8.41. The van der Waals surface area contributed by atoms with E-state index in [-0.39, 0.29) is 11.8 Å². The quantitative estimate of drug-likeness (QED) is 0.411. The number of hydrogen-bond donors (Lipinski definition) is 3. The maximum Gasteiger partial charge on any atom is 0.223 e. The molecule has 1 aliphatic carbocycles. The Kier molecular flexibility index (Phi) is 6.25. The predicted molar refractivity (Wildman–Crippen MR) is 90.9 cm³/mol. The van der Waals surface area contributed by atoms with Crippen LogP contribution in [0.25, 0.3) is 0 Å². The molecule has 22 heavy (non-hydrogen) atoms. The molecule has 0 atom stereocenters. The Morgan fingerprint density at radius 3 is 2.91 bits per heavy atom. The van der Waals surface area contributed by atoms with E-state index < -0.39 is 0 Å². The average Bonchev–Trinajstić information content (AvgIpc) is 2.45. The van der Waals surface area contributed by atoms with Gasteiger partial charge in [0.1, 0.15) is 0 Å². The largest absolute Gasteiger partial charge is 0.370 e. The van der Waals surface area contributed by atoms with E-state index in [0.29, 0.717) is 19.0 Å². The van der Waals surface area contributed by atoms with Gasteiger partial charge in [-0.3, -0.25) is 9.79 Å². The Bertz CT molecular complexity index is 523. The highest BCUT2D eigenvalue weighted by Gasteiger charge is 2.24. The number of aliphatic imine (C=N–C) groups is 1. The molecule has 1 fully saturated rings. The lowest BCUT2D eigenvalue weighted by Crippen LogP contribution is -2.35. The maximum absolute atomic E-state index is 11.6. The number of carbonyl (C=O) groups excluding carboxylic acids is 1. The maximum atomic E-state index is 11.6. The fraction of sp³-hybridized carbons (Fsp3) is 0.529. The molecule has 1 aromatic carbocycles. The Morgan fingerprint density at radius 1 is 1.41 bits per heavy atom. The number of nitrogens with two attached hydrogens (primary N) is 1. The lowest BCUT2D eigenvalue weighted by atomic mass is 9.85. The summed E-state index contributed by atoms with van der Waals surface area (Å²) in [5, 5.41) is 6.05. The zero-order valence-electron chi connectivity index (χ0n) is 13.3. The first-order valence-corrected chi connectivity index (χ1v) is 8.12. The van der Waals surface area contributed by atoms with E-state index >= 15 is 0 Å². The topological polar surface area (TPSA) is 79.5 Å². The zero-order valence-corrected chi connectivity index (χ0v) is 13.3. The summed E-state index contributed by atoms with van der Waals surface area (Å²) in [7, 11) is 0. The van der Waals surface area contributed by atoms with Crippen LogP contribution in [0.3, 0.4) is 0 Å². The summed E-state index contributed by atoms with van der Waals surface area (Å²) < 4.78 is 0. The summed E-state index contributed by atoms with van der Waals surface area (Å²) in [4.78, 5) is 15.9. The summed E-state index contributed by atoms with van der Waals surface area (Å²) in [6.07, 6.45) is 5.06. The molecule has 0 heterocycles. The number of guanidine groups is 1. The number of benzene rings is 1. The van der Waals surface area contributed by atoms with Crippen molar-refractivity contribution in [2.45, 2.75) is 39.0 Å². The smallest absolute Gasteiger partial charge is 0.223 e. The summed E-state index contributed by atoms with van der Waals surface area (Å²) >= 11 is 0. The summed E-state index contributed by atoms with van der Waals surface area (Å²) in [6.45, 7) is 3.39. The van der Waals surface area contributed by atoms with Crippen LogP contribution in [-0.2, 0) is 11.2 Å². The van der Waals surface area contributed by atoms with Gasteiger partial charge in [-0.25, -0.2) is 0 Å². The molecule has 1 saturated carbocycles. The number of aryl methyl sites for hydroxylation is 1. The number of hydrogen-bond acceptors (Lipinski definition) is 2. The van der Waals surface area contributed by atoms with E-state index in [9.17, 15) is 4.79 Å².